The fourth-order valence-corrected chi connectivity index (χ4v) is 1.84. The number of methoxy groups -OCH3 is 1. The second kappa shape index (κ2) is 11.2. The molecule has 4 nitrogen and oxygen atoms in total. The summed E-state index contributed by atoms with van der Waals surface area (Å²) in [7, 11) is 1.20. The van der Waals surface area contributed by atoms with E-state index in [1.54, 1.807) is 0 Å². The van der Waals surface area contributed by atoms with Crippen LogP contribution < -0.4 is 4.74 Å². The Morgan fingerprint density at radius 3 is 2.42 bits per heavy atom. The summed E-state index contributed by atoms with van der Waals surface area (Å²) in [5.74, 6) is -0.979. The molecule has 0 spiro atoms. The van der Waals surface area contributed by atoms with Gasteiger partial charge in [0.05, 0.1) is 25.9 Å². The largest absolute Gasteiger partial charge is 0.491 e. The van der Waals surface area contributed by atoms with Gasteiger partial charge in [-0.2, -0.15) is 0 Å². The maximum absolute atomic E-state index is 13.5. The number of esters is 1. The highest BCUT2D eigenvalue weighted by Gasteiger charge is 2.13. The Balaban J connectivity index is 0.00000139. The monoisotopic (exact) mass is 334 g/mol. The predicted molar refractivity (Wildman–Crippen MR) is 90.7 cm³/mol. The van der Waals surface area contributed by atoms with E-state index in [0.29, 0.717) is 25.6 Å². The zero-order valence-electron chi connectivity index (χ0n) is 14.3. The Morgan fingerprint density at radius 1 is 1.04 bits per heavy atom. The van der Waals surface area contributed by atoms with Crippen molar-refractivity contribution in [3.63, 3.8) is 0 Å². The summed E-state index contributed by atoms with van der Waals surface area (Å²) in [6.07, 6.45) is 0. The standard InChI is InChI=1S/C17H17FO4.C2H6/c1-20-17(19)15-11-14(7-8-16(15)18)22-10-9-21-12-13-5-3-2-4-6-13;1-2/h2-8,11H,9-10,12H2,1H3;1-2H3. The average molecular weight is 334 g/mol. The van der Waals surface area contributed by atoms with Gasteiger partial charge >= 0.3 is 5.97 Å². The number of carbonyl (C=O) groups is 1. The zero-order valence-corrected chi connectivity index (χ0v) is 14.3. The van der Waals surface area contributed by atoms with Crippen LogP contribution in [0.15, 0.2) is 48.5 Å². The van der Waals surface area contributed by atoms with Gasteiger partial charge in [0.25, 0.3) is 0 Å². The summed E-state index contributed by atoms with van der Waals surface area (Å²) < 4.78 is 28.9. The van der Waals surface area contributed by atoms with Crippen molar-refractivity contribution in [1.82, 2.24) is 0 Å². The first-order chi connectivity index (χ1) is 11.7. The molecule has 0 aliphatic heterocycles. The van der Waals surface area contributed by atoms with E-state index in [0.717, 1.165) is 5.56 Å². The highest BCUT2D eigenvalue weighted by Crippen LogP contribution is 2.17. The van der Waals surface area contributed by atoms with Gasteiger partial charge in [-0.3, -0.25) is 0 Å². The van der Waals surface area contributed by atoms with Gasteiger partial charge in [0.15, 0.2) is 0 Å². The lowest BCUT2D eigenvalue weighted by Gasteiger charge is -2.09. The molecule has 0 aliphatic carbocycles. The molecule has 130 valence electrons. The lowest BCUT2D eigenvalue weighted by Crippen LogP contribution is -2.08. The van der Waals surface area contributed by atoms with Gasteiger partial charge in [-0.1, -0.05) is 44.2 Å². The molecule has 0 radical (unpaired) electrons. The van der Waals surface area contributed by atoms with Gasteiger partial charge in [-0.15, -0.1) is 0 Å². The van der Waals surface area contributed by atoms with Crippen molar-refractivity contribution in [3.8, 4) is 5.75 Å². The molecule has 0 saturated heterocycles. The van der Waals surface area contributed by atoms with Crippen molar-refractivity contribution in [1.29, 1.82) is 0 Å². The third-order valence-corrected chi connectivity index (χ3v) is 2.95. The Morgan fingerprint density at radius 2 is 1.75 bits per heavy atom. The predicted octanol–water partition coefficient (Wildman–Crippen LogP) is 4.23. The van der Waals surface area contributed by atoms with Crippen LogP contribution in [0.1, 0.15) is 29.8 Å². The zero-order chi connectivity index (χ0) is 17.8. The van der Waals surface area contributed by atoms with Crippen molar-refractivity contribution in [2.75, 3.05) is 20.3 Å². The normalized spacial score (nSPS) is 9.67. The summed E-state index contributed by atoms with van der Waals surface area (Å²) in [6.45, 7) is 5.19. The maximum Gasteiger partial charge on any atom is 0.340 e. The Bertz CT molecular complexity index is 614. The summed E-state index contributed by atoms with van der Waals surface area (Å²) >= 11 is 0. The van der Waals surface area contributed by atoms with Crippen LogP contribution in [0.5, 0.6) is 5.75 Å². The Labute approximate surface area is 142 Å². The van der Waals surface area contributed by atoms with E-state index in [9.17, 15) is 9.18 Å². The quantitative estimate of drug-likeness (QED) is 0.561. The molecule has 0 aromatic heterocycles. The summed E-state index contributed by atoms with van der Waals surface area (Å²) in [6, 6.07) is 13.7. The molecule has 0 unspecified atom stereocenters. The van der Waals surface area contributed by atoms with Gasteiger partial charge in [0.2, 0.25) is 0 Å². The van der Waals surface area contributed by atoms with Crippen molar-refractivity contribution in [2.45, 2.75) is 20.5 Å². The first kappa shape index (κ1) is 19.6. The summed E-state index contributed by atoms with van der Waals surface area (Å²) in [5, 5.41) is 0. The molecular formula is C19H23FO4. The number of hydrogen-bond donors (Lipinski definition) is 0. The number of ether oxygens (including phenoxy) is 3. The number of rotatable bonds is 7. The topological polar surface area (TPSA) is 44.8 Å². The third kappa shape index (κ3) is 6.38. The highest BCUT2D eigenvalue weighted by molar-refractivity contribution is 5.90. The second-order valence-electron chi connectivity index (χ2n) is 4.52. The average Bonchev–Trinajstić information content (AvgIpc) is 2.64. The third-order valence-electron chi connectivity index (χ3n) is 2.95. The number of halogens is 1. The summed E-state index contributed by atoms with van der Waals surface area (Å²) in [5.41, 5.74) is 0.933. The molecule has 0 heterocycles. The van der Waals surface area contributed by atoms with Crippen LogP contribution in [-0.2, 0) is 16.1 Å². The van der Waals surface area contributed by atoms with E-state index in [2.05, 4.69) is 4.74 Å². The SMILES string of the molecule is CC.COC(=O)c1cc(OCCOCc2ccccc2)ccc1F. The molecule has 2 rings (SSSR count). The lowest BCUT2D eigenvalue weighted by atomic mass is 10.2. The second-order valence-corrected chi connectivity index (χ2v) is 4.52. The number of benzene rings is 2. The van der Waals surface area contributed by atoms with E-state index in [4.69, 9.17) is 9.47 Å². The minimum absolute atomic E-state index is 0.148. The van der Waals surface area contributed by atoms with E-state index in [-0.39, 0.29) is 5.56 Å². The fraction of sp³-hybridized carbons (Fsp3) is 0.316. The van der Waals surface area contributed by atoms with Crippen molar-refractivity contribution in [2.24, 2.45) is 0 Å². The minimum atomic E-state index is -0.733. The smallest absolute Gasteiger partial charge is 0.340 e. The van der Waals surface area contributed by atoms with E-state index >= 15 is 0 Å². The number of hydrogen-bond acceptors (Lipinski definition) is 4. The van der Waals surface area contributed by atoms with Crippen LogP contribution in [0.25, 0.3) is 0 Å². The van der Waals surface area contributed by atoms with Gasteiger partial charge in [0.1, 0.15) is 18.2 Å². The highest BCUT2D eigenvalue weighted by atomic mass is 19.1. The molecule has 0 N–H and O–H groups in total. The van der Waals surface area contributed by atoms with Crippen LogP contribution in [0, 0.1) is 5.82 Å². The van der Waals surface area contributed by atoms with Crippen molar-refractivity contribution < 1.29 is 23.4 Å². The van der Waals surface area contributed by atoms with Gasteiger partial charge in [0, 0.05) is 0 Å². The fourth-order valence-electron chi connectivity index (χ4n) is 1.84. The summed E-state index contributed by atoms with van der Waals surface area (Å²) in [4.78, 5) is 11.4. The Kier molecular flexibility index (Phi) is 9.16. The molecule has 5 heteroatoms. The minimum Gasteiger partial charge on any atom is -0.491 e. The number of carbonyl (C=O) groups excluding carboxylic acids is 1. The van der Waals surface area contributed by atoms with E-state index in [1.165, 1.54) is 25.3 Å². The van der Waals surface area contributed by atoms with Crippen molar-refractivity contribution >= 4 is 5.97 Å². The van der Waals surface area contributed by atoms with Crippen LogP contribution in [0.3, 0.4) is 0 Å². The molecule has 24 heavy (non-hydrogen) atoms. The molecule has 2 aromatic carbocycles. The first-order valence-electron chi connectivity index (χ1n) is 7.83. The molecule has 0 amide bonds. The van der Waals surface area contributed by atoms with Gasteiger partial charge in [-0.25, -0.2) is 9.18 Å². The van der Waals surface area contributed by atoms with Crippen LogP contribution in [0.4, 0.5) is 4.39 Å². The lowest BCUT2D eigenvalue weighted by molar-refractivity contribution is 0.0594. The molecular weight excluding hydrogens is 311 g/mol. The van der Waals surface area contributed by atoms with Crippen molar-refractivity contribution in [3.05, 3.63) is 65.5 Å². The first-order valence-corrected chi connectivity index (χ1v) is 7.83. The van der Waals surface area contributed by atoms with Crippen LogP contribution in [-0.4, -0.2) is 26.3 Å². The molecule has 0 atom stereocenters. The van der Waals surface area contributed by atoms with Gasteiger partial charge in [-0.05, 0) is 23.8 Å². The molecule has 0 bridgehead atoms. The maximum atomic E-state index is 13.5. The molecule has 2 aromatic rings. The van der Waals surface area contributed by atoms with Crippen LogP contribution >= 0.6 is 0 Å². The van der Waals surface area contributed by atoms with E-state index in [1.807, 2.05) is 44.2 Å². The van der Waals surface area contributed by atoms with E-state index < -0.39 is 11.8 Å². The Hall–Kier alpha value is -2.40. The molecule has 0 aliphatic rings. The molecule has 0 fully saturated rings. The van der Waals surface area contributed by atoms with Crippen LogP contribution in [0.2, 0.25) is 0 Å². The van der Waals surface area contributed by atoms with Gasteiger partial charge < -0.3 is 14.2 Å². The molecule has 0 saturated carbocycles.